The maximum absolute atomic E-state index is 13.3. The van der Waals surface area contributed by atoms with Gasteiger partial charge in [-0.05, 0) is 49.6 Å². The largest absolute Gasteiger partial charge is 0.444 e. The molecule has 154 valence electrons. The maximum Gasteiger partial charge on any atom is 0.325 e. The summed E-state index contributed by atoms with van der Waals surface area (Å²) in [5.74, 6) is -0.354. The molecule has 0 bridgehead atoms. The molecule has 7 heteroatoms. The van der Waals surface area contributed by atoms with Crippen LogP contribution in [0.1, 0.15) is 35.7 Å². The molecule has 1 aromatic heterocycles. The number of benzene rings is 2. The van der Waals surface area contributed by atoms with Crippen LogP contribution in [0.25, 0.3) is 11.5 Å². The van der Waals surface area contributed by atoms with Gasteiger partial charge in [-0.2, -0.15) is 0 Å². The summed E-state index contributed by atoms with van der Waals surface area (Å²) in [5.41, 5.74) is 2.82. The number of hydrogen-bond donors (Lipinski definition) is 1. The summed E-state index contributed by atoms with van der Waals surface area (Å²) < 4.78 is 18.9. The van der Waals surface area contributed by atoms with Gasteiger partial charge < -0.3 is 9.73 Å². The first kappa shape index (κ1) is 19.8. The Kier molecular flexibility index (Phi) is 4.89. The van der Waals surface area contributed by atoms with Crippen molar-refractivity contribution in [2.45, 2.75) is 39.3 Å². The molecule has 30 heavy (non-hydrogen) atoms. The predicted molar refractivity (Wildman–Crippen MR) is 109 cm³/mol. The number of carbonyl (C=O) groups is 2. The van der Waals surface area contributed by atoms with Crippen LogP contribution in [0, 0.1) is 19.7 Å². The van der Waals surface area contributed by atoms with Gasteiger partial charge in [0, 0.05) is 5.56 Å². The Labute approximate surface area is 173 Å². The van der Waals surface area contributed by atoms with Crippen LogP contribution in [-0.4, -0.2) is 21.8 Å². The average molecular weight is 407 g/mol. The van der Waals surface area contributed by atoms with E-state index in [2.05, 4.69) is 10.3 Å². The van der Waals surface area contributed by atoms with Crippen LogP contribution in [0.15, 0.2) is 53.1 Å². The zero-order valence-corrected chi connectivity index (χ0v) is 17.0. The molecule has 2 aromatic carbocycles. The van der Waals surface area contributed by atoms with E-state index in [1.54, 1.807) is 6.92 Å². The summed E-state index contributed by atoms with van der Waals surface area (Å²) in [7, 11) is 0. The van der Waals surface area contributed by atoms with Gasteiger partial charge in [-0.25, -0.2) is 14.2 Å². The van der Waals surface area contributed by atoms with Crippen LogP contribution in [-0.2, 0) is 16.9 Å². The van der Waals surface area contributed by atoms with Crippen molar-refractivity contribution < 1.29 is 18.4 Å². The standard InChI is InChI=1S/C23H22FN3O3/c1-4-23(16-6-8-17(24)9-7-16)21(28)27(22(29)26-23)12-18-13-30-20(25-18)19-10-5-14(2)11-15(19)3/h5-11,13H,4,12H2,1-3H3,(H,26,29)/t23-/m0/s1. The van der Waals surface area contributed by atoms with Crippen molar-refractivity contribution in [2.24, 2.45) is 0 Å². The first-order valence-corrected chi connectivity index (χ1v) is 9.76. The Morgan fingerprint density at radius 2 is 1.87 bits per heavy atom. The third kappa shape index (κ3) is 3.26. The fourth-order valence-electron chi connectivity index (χ4n) is 3.86. The first-order valence-electron chi connectivity index (χ1n) is 9.76. The van der Waals surface area contributed by atoms with Crippen molar-refractivity contribution in [2.75, 3.05) is 0 Å². The molecule has 3 amide bonds. The van der Waals surface area contributed by atoms with E-state index in [1.165, 1.54) is 30.5 Å². The number of hydrogen-bond acceptors (Lipinski definition) is 4. The second-order valence-electron chi connectivity index (χ2n) is 7.55. The molecular weight excluding hydrogens is 385 g/mol. The van der Waals surface area contributed by atoms with Crippen molar-refractivity contribution in [3.05, 3.63) is 76.9 Å². The quantitative estimate of drug-likeness (QED) is 0.634. The molecule has 0 unspecified atom stereocenters. The molecule has 1 fully saturated rings. The van der Waals surface area contributed by atoms with Gasteiger partial charge in [0.2, 0.25) is 5.89 Å². The number of rotatable bonds is 5. The molecule has 0 aliphatic carbocycles. The van der Waals surface area contributed by atoms with Crippen molar-refractivity contribution in [1.82, 2.24) is 15.2 Å². The van der Waals surface area contributed by atoms with Gasteiger partial charge in [0.25, 0.3) is 5.91 Å². The second-order valence-corrected chi connectivity index (χ2v) is 7.55. The number of halogens is 1. The number of carbonyl (C=O) groups excluding carboxylic acids is 2. The molecule has 6 nitrogen and oxygen atoms in total. The number of imide groups is 1. The fourth-order valence-corrected chi connectivity index (χ4v) is 3.86. The highest BCUT2D eigenvalue weighted by Crippen LogP contribution is 2.33. The van der Waals surface area contributed by atoms with Crippen LogP contribution in [0.4, 0.5) is 9.18 Å². The van der Waals surface area contributed by atoms with Gasteiger partial charge >= 0.3 is 6.03 Å². The van der Waals surface area contributed by atoms with Gasteiger partial charge in [0.1, 0.15) is 17.6 Å². The molecule has 2 heterocycles. The molecule has 0 spiro atoms. The zero-order chi connectivity index (χ0) is 21.5. The van der Waals surface area contributed by atoms with E-state index in [4.69, 9.17) is 4.42 Å². The lowest BCUT2D eigenvalue weighted by molar-refractivity contribution is -0.132. The number of aromatic nitrogens is 1. The molecule has 3 aromatic rings. The van der Waals surface area contributed by atoms with Gasteiger partial charge in [-0.15, -0.1) is 0 Å². The molecule has 1 atom stereocenters. The third-order valence-electron chi connectivity index (χ3n) is 5.53. The Morgan fingerprint density at radius 3 is 2.53 bits per heavy atom. The van der Waals surface area contributed by atoms with Gasteiger partial charge in [-0.1, -0.05) is 36.8 Å². The normalized spacial score (nSPS) is 18.7. The molecule has 1 aliphatic rings. The molecule has 1 N–H and O–H groups in total. The molecular formula is C23H22FN3O3. The Balaban J connectivity index is 1.60. The van der Waals surface area contributed by atoms with E-state index in [-0.39, 0.29) is 6.54 Å². The summed E-state index contributed by atoms with van der Waals surface area (Å²) in [6.45, 7) is 5.78. The second kappa shape index (κ2) is 7.40. The topological polar surface area (TPSA) is 75.4 Å². The van der Waals surface area contributed by atoms with E-state index in [9.17, 15) is 14.0 Å². The fraction of sp³-hybridized carbons (Fsp3) is 0.261. The van der Waals surface area contributed by atoms with Crippen molar-refractivity contribution >= 4 is 11.9 Å². The van der Waals surface area contributed by atoms with E-state index < -0.39 is 23.3 Å². The lowest BCUT2D eigenvalue weighted by Crippen LogP contribution is -2.43. The molecule has 0 saturated carbocycles. The Morgan fingerprint density at radius 1 is 1.13 bits per heavy atom. The monoisotopic (exact) mass is 407 g/mol. The minimum atomic E-state index is -1.22. The van der Waals surface area contributed by atoms with Crippen LogP contribution >= 0.6 is 0 Å². The van der Waals surface area contributed by atoms with E-state index in [1.807, 2.05) is 32.0 Å². The lowest BCUT2D eigenvalue weighted by Gasteiger charge is -2.25. The third-order valence-corrected chi connectivity index (χ3v) is 5.53. The SMILES string of the molecule is CC[C@@]1(c2ccc(F)cc2)NC(=O)N(Cc2coc(-c3ccc(C)cc3C)n2)C1=O. The predicted octanol–water partition coefficient (Wildman–Crippen LogP) is 4.45. The highest BCUT2D eigenvalue weighted by Gasteiger charge is 2.51. The number of urea groups is 1. The molecule has 4 rings (SSSR count). The number of amides is 3. The molecule has 0 radical (unpaired) electrons. The Bertz CT molecular complexity index is 1120. The van der Waals surface area contributed by atoms with Gasteiger partial charge in [0.05, 0.1) is 12.2 Å². The number of nitrogens with one attached hydrogen (secondary N) is 1. The maximum atomic E-state index is 13.3. The number of nitrogens with zero attached hydrogens (tertiary/aromatic N) is 2. The number of aryl methyl sites for hydroxylation is 2. The number of oxazole rings is 1. The highest BCUT2D eigenvalue weighted by molar-refractivity contribution is 6.07. The lowest BCUT2D eigenvalue weighted by atomic mass is 9.87. The van der Waals surface area contributed by atoms with Gasteiger partial charge in [0.15, 0.2) is 0 Å². The van der Waals surface area contributed by atoms with Crippen molar-refractivity contribution in [3.8, 4) is 11.5 Å². The zero-order valence-electron chi connectivity index (χ0n) is 17.0. The van der Waals surface area contributed by atoms with Crippen LogP contribution in [0.3, 0.4) is 0 Å². The van der Waals surface area contributed by atoms with Crippen molar-refractivity contribution in [1.29, 1.82) is 0 Å². The summed E-state index contributed by atoms with van der Waals surface area (Å²) in [6, 6.07) is 11.0. The molecule has 1 aliphatic heterocycles. The van der Waals surface area contributed by atoms with E-state index >= 15 is 0 Å². The van der Waals surface area contributed by atoms with E-state index in [0.717, 1.165) is 21.6 Å². The highest BCUT2D eigenvalue weighted by atomic mass is 19.1. The summed E-state index contributed by atoms with van der Waals surface area (Å²) in [4.78, 5) is 31.4. The van der Waals surface area contributed by atoms with E-state index in [0.29, 0.717) is 23.6 Å². The molecule has 1 saturated heterocycles. The van der Waals surface area contributed by atoms with Crippen LogP contribution < -0.4 is 5.32 Å². The summed E-state index contributed by atoms with van der Waals surface area (Å²) in [6.07, 6.45) is 1.80. The Hall–Kier alpha value is -3.48. The minimum absolute atomic E-state index is 0.0119. The summed E-state index contributed by atoms with van der Waals surface area (Å²) in [5, 5.41) is 2.78. The van der Waals surface area contributed by atoms with Gasteiger partial charge in [-0.3, -0.25) is 9.69 Å². The van der Waals surface area contributed by atoms with Crippen molar-refractivity contribution in [3.63, 3.8) is 0 Å². The first-order chi connectivity index (χ1) is 14.3. The summed E-state index contributed by atoms with van der Waals surface area (Å²) >= 11 is 0. The smallest absolute Gasteiger partial charge is 0.325 e. The van der Waals surface area contributed by atoms with Crippen LogP contribution in [0.5, 0.6) is 0 Å². The van der Waals surface area contributed by atoms with Crippen LogP contribution in [0.2, 0.25) is 0 Å². The average Bonchev–Trinajstić information content (AvgIpc) is 3.27. The minimum Gasteiger partial charge on any atom is -0.444 e.